The van der Waals surface area contributed by atoms with Crippen molar-refractivity contribution in [1.82, 2.24) is 0 Å². The Hall–Kier alpha value is 1.58. The number of thioether (sulfide) groups is 6. The third-order valence-corrected chi connectivity index (χ3v) is 11.7. The molecule has 0 aromatic heterocycles. The zero-order valence-corrected chi connectivity index (χ0v) is 13.2. The van der Waals surface area contributed by atoms with Gasteiger partial charge in [-0.2, -0.15) is 0 Å². The van der Waals surface area contributed by atoms with Gasteiger partial charge in [0.1, 0.15) is 0 Å². The fourth-order valence-corrected chi connectivity index (χ4v) is 11.1. The summed E-state index contributed by atoms with van der Waals surface area (Å²) in [5.41, 5.74) is 0. The van der Waals surface area contributed by atoms with E-state index in [2.05, 4.69) is 37.4 Å². The highest BCUT2D eigenvalue weighted by atomic mass is 32.3. The van der Waals surface area contributed by atoms with E-state index in [4.69, 9.17) is 0 Å². The molecule has 6 heteroatoms. The Bertz CT molecular complexity index is 328. The number of rotatable bonds is 0. The van der Waals surface area contributed by atoms with Crippen LogP contribution in [0.25, 0.3) is 0 Å². The van der Waals surface area contributed by atoms with Crippen LogP contribution in [-0.4, -0.2) is 15.6 Å². The lowest BCUT2D eigenvalue weighted by Crippen LogP contribution is -2.04. The molecule has 2 atom stereocenters. The maximum Gasteiger partial charge on any atom is 0.0710 e. The summed E-state index contributed by atoms with van der Waals surface area (Å²) < 4.78 is 6.23. The summed E-state index contributed by atoms with van der Waals surface area (Å²) in [5, 5.41) is 2.77. The second-order valence-electron chi connectivity index (χ2n) is 3.41. The molecule has 0 saturated carbocycles. The maximum atomic E-state index is 2.34. The van der Waals surface area contributed by atoms with E-state index in [9.17, 15) is 0 Å². The van der Waals surface area contributed by atoms with Gasteiger partial charge in [0.15, 0.2) is 0 Å². The molecule has 0 aromatic carbocycles. The van der Waals surface area contributed by atoms with Gasteiger partial charge < -0.3 is 0 Å². The average Bonchev–Trinajstić information content (AvgIpc) is 2.80. The average molecular weight is 311 g/mol. The first kappa shape index (κ1) is 11.7. The third-order valence-electron chi connectivity index (χ3n) is 2.33. The van der Waals surface area contributed by atoms with E-state index in [1.807, 2.05) is 47.0 Å². The molecule has 0 N–H and O–H groups in total. The van der Waals surface area contributed by atoms with Crippen molar-refractivity contribution in [2.75, 3.05) is 5.08 Å². The van der Waals surface area contributed by atoms with E-state index in [0.29, 0.717) is 0 Å². The van der Waals surface area contributed by atoms with E-state index >= 15 is 0 Å². The van der Waals surface area contributed by atoms with Gasteiger partial charge >= 0.3 is 0 Å². The molecule has 3 aliphatic rings. The largest absolute Gasteiger partial charge is 0.113 e. The Labute approximate surface area is 116 Å². The molecule has 82 valence electrons. The summed E-state index contributed by atoms with van der Waals surface area (Å²) in [4.78, 5) is 0. The second-order valence-corrected chi connectivity index (χ2v) is 11.6. The van der Waals surface area contributed by atoms with Crippen molar-refractivity contribution in [3.8, 4) is 0 Å². The monoisotopic (exact) mass is 310 g/mol. The molecule has 0 nitrogen and oxygen atoms in total. The molecule has 0 amide bonds. The van der Waals surface area contributed by atoms with Crippen LogP contribution < -0.4 is 0 Å². The Morgan fingerprint density at radius 2 is 1.33 bits per heavy atom. The number of hydrogen-bond donors (Lipinski definition) is 0. The summed E-state index contributed by atoms with van der Waals surface area (Å²) in [6.07, 6.45) is 0. The summed E-state index contributed by atoms with van der Waals surface area (Å²) in [6, 6.07) is 0. The molecule has 3 rings (SSSR count). The maximum absolute atomic E-state index is 2.34. The molecule has 15 heavy (non-hydrogen) atoms. The highest BCUT2D eigenvalue weighted by Gasteiger charge is 2.33. The van der Waals surface area contributed by atoms with Crippen LogP contribution in [0.5, 0.6) is 0 Å². The van der Waals surface area contributed by atoms with E-state index in [0.717, 1.165) is 10.5 Å². The Morgan fingerprint density at radius 3 is 1.87 bits per heavy atom. The van der Waals surface area contributed by atoms with Crippen molar-refractivity contribution in [2.45, 2.75) is 24.3 Å². The molecule has 0 aliphatic carbocycles. The van der Waals surface area contributed by atoms with Gasteiger partial charge in [-0.25, -0.2) is 0 Å². The smallest absolute Gasteiger partial charge is 0.0710 e. The highest BCUT2D eigenvalue weighted by Crippen LogP contribution is 2.66. The second kappa shape index (κ2) is 4.69. The van der Waals surface area contributed by atoms with Gasteiger partial charge in [0, 0.05) is 15.6 Å². The van der Waals surface area contributed by atoms with Crippen LogP contribution in [-0.2, 0) is 0 Å². The van der Waals surface area contributed by atoms with Crippen molar-refractivity contribution in [1.29, 1.82) is 0 Å². The molecule has 0 spiro atoms. The first-order valence-electron chi connectivity index (χ1n) is 4.67. The summed E-state index contributed by atoms with van der Waals surface area (Å²) in [5.74, 6) is 0. The van der Waals surface area contributed by atoms with Gasteiger partial charge in [0.25, 0.3) is 0 Å². The van der Waals surface area contributed by atoms with E-state index in [1.165, 1.54) is 5.08 Å². The van der Waals surface area contributed by atoms with Gasteiger partial charge in [-0.15, -0.1) is 47.0 Å². The van der Waals surface area contributed by atoms with Gasteiger partial charge in [-0.3, -0.25) is 0 Å². The van der Waals surface area contributed by atoms with E-state index in [1.54, 1.807) is 16.9 Å². The molecule has 2 unspecified atom stereocenters. The lowest BCUT2D eigenvalue weighted by atomic mass is 10.4. The Kier molecular flexibility index (Phi) is 3.64. The first-order chi connectivity index (χ1) is 7.24. The van der Waals surface area contributed by atoms with Crippen LogP contribution in [0.3, 0.4) is 0 Å². The molecular weight excluding hydrogens is 301 g/mol. The fraction of sp³-hybridized carbons (Fsp3) is 0.556. The topological polar surface area (TPSA) is 0 Å². The fourth-order valence-electron chi connectivity index (χ4n) is 1.32. The molecule has 1 saturated heterocycles. The molecular formula is C9H10S6. The van der Waals surface area contributed by atoms with Crippen LogP contribution in [0.2, 0.25) is 0 Å². The van der Waals surface area contributed by atoms with Gasteiger partial charge in [-0.1, -0.05) is 37.4 Å². The van der Waals surface area contributed by atoms with Gasteiger partial charge in [0.2, 0.25) is 0 Å². The predicted octanol–water partition coefficient (Wildman–Crippen LogP) is 5.41. The standard InChI is InChI=1S/C9H10S6/c1-4-5(2)13-8(12-4)9-14-6-7(15-9)11-3-10-6/h4-5H,3H2,1-2H3. The van der Waals surface area contributed by atoms with Crippen LogP contribution in [0, 0.1) is 0 Å². The predicted molar refractivity (Wildman–Crippen MR) is 83.4 cm³/mol. The molecule has 3 aliphatic heterocycles. The molecule has 0 aromatic rings. The van der Waals surface area contributed by atoms with Crippen molar-refractivity contribution >= 4 is 70.6 Å². The zero-order chi connectivity index (χ0) is 10.4. The quantitative estimate of drug-likeness (QED) is 0.582. The van der Waals surface area contributed by atoms with Crippen molar-refractivity contribution in [2.24, 2.45) is 0 Å². The minimum Gasteiger partial charge on any atom is -0.113 e. The third kappa shape index (κ3) is 2.27. The summed E-state index contributed by atoms with van der Waals surface area (Å²) in [6.45, 7) is 4.68. The summed E-state index contributed by atoms with van der Waals surface area (Å²) in [7, 11) is 0. The molecule has 0 radical (unpaired) electrons. The Morgan fingerprint density at radius 1 is 0.800 bits per heavy atom. The number of hydrogen-bond acceptors (Lipinski definition) is 6. The van der Waals surface area contributed by atoms with E-state index in [-0.39, 0.29) is 0 Å². The normalized spacial score (nSPS) is 35.6. The van der Waals surface area contributed by atoms with Crippen LogP contribution >= 0.6 is 70.6 Å². The van der Waals surface area contributed by atoms with Crippen LogP contribution in [0.1, 0.15) is 13.8 Å². The SMILES string of the molecule is CC1SC(=C2SC3=C(SCS3)S2)SC1C. The molecule has 3 heterocycles. The van der Waals surface area contributed by atoms with Crippen molar-refractivity contribution in [3.05, 3.63) is 16.9 Å². The van der Waals surface area contributed by atoms with Gasteiger partial charge in [0.05, 0.1) is 16.9 Å². The minimum atomic E-state index is 0.773. The first-order valence-corrected chi connectivity index (χ1v) is 10.0. The molecule has 0 bridgehead atoms. The molecule has 1 fully saturated rings. The van der Waals surface area contributed by atoms with E-state index < -0.39 is 0 Å². The lowest BCUT2D eigenvalue weighted by molar-refractivity contribution is 0.941. The van der Waals surface area contributed by atoms with Gasteiger partial charge in [-0.05, 0) is 0 Å². The van der Waals surface area contributed by atoms with Crippen LogP contribution in [0.4, 0.5) is 0 Å². The minimum absolute atomic E-state index is 0.773. The highest BCUT2D eigenvalue weighted by molar-refractivity contribution is 8.46. The summed E-state index contributed by atoms with van der Waals surface area (Å²) >= 11 is 12.2. The van der Waals surface area contributed by atoms with Crippen LogP contribution in [0.15, 0.2) is 16.9 Å². The zero-order valence-electron chi connectivity index (χ0n) is 8.31. The van der Waals surface area contributed by atoms with Crippen molar-refractivity contribution < 1.29 is 0 Å². The lowest BCUT2D eigenvalue weighted by Gasteiger charge is -2.02. The van der Waals surface area contributed by atoms with Crippen molar-refractivity contribution in [3.63, 3.8) is 0 Å². The Balaban J connectivity index is 1.78.